The van der Waals surface area contributed by atoms with E-state index in [1.807, 2.05) is 13.8 Å². The molecule has 0 N–H and O–H groups in total. The van der Waals surface area contributed by atoms with Crippen LogP contribution in [0.4, 0.5) is 0 Å². The molecule has 0 aromatic rings. The first-order chi connectivity index (χ1) is 7.57. The summed E-state index contributed by atoms with van der Waals surface area (Å²) in [7, 11) is 0. The van der Waals surface area contributed by atoms with Gasteiger partial charge in [0.1, 0.15) is 11.9 Å². The molecular weight excluding hydrogens is 208 g/mol. The second-order valence-corrected chi connectivity index (χ2v) is 5.84. The number of fused-ring (bicyclic) bond motifs is 6. The quantitative estimate of drug-likeness (QED) is 0.618. The molecule has 88 valence electrons. The van der Waals surface area contributed by atoms with Crippen molar-refractivity contribution in [1.29, 1.82) is 0 Å². The average Bonchev–Trinajstić information content (AvgIpc) is 2.69. The summed E-state index contributed by atoms with van der Waals surface area (Å²) in [4.78, 5) is 11.8. The Labute approximate surface area is 94.2 Å². The van der Waals surface area contributed by atoms with Gasteiger partial charge in [0.05, 0.1) is 6.10 Å². The van der Waals surface area contributed by atoms with Crippen molar-refractivity contribution in [1.82, 2.24) is 0 Å². The van der Waals surface area contributed by atoms with Crippen LogP contribution in [0.3, 0.4) is 0 Å². The third-order valence-corrected chi connectivity index (χ3v) is 4.53. The van der Waals surface area contributed by atoms with E-state index in [1.54, 1.807) is 0 Å². The third kappa shape index (κ3) is 0.985. The van der Waals surface area contributed by atoms with Crippen molar-refractivity contribution >= 4 is 5.78 Å². The highest BCUT2D eigenvalue weighted by Gasteiger charge is 2.69. The molecule has 2 aliphatic carbocycles. The van der Waals surface area contributed by atoms with E-state index in [-0.39, 0.29) is 30.3 Å². The summed E-state index contributed by atoms with van der Waals surface area (Å²) in [6, 6.07) is 0. The minimum absolute atomic E-state index is 0.0247. The van der Waals surface area contributed by atoms with E-state index < -0.39 is 5.79 Å². The standard InChI is InChI=1S/C12H16O4/c1-12(2)15-10-8-7-5(3-4-6(7)13)9(8)14-11(10)16-12/h5,7-11H,3-4H2,1-2H3/t5-,7-,8-,9+,10+,11+/m0/s1. The second kappa shape index (κ2) is 2.68. The second-order valence-electron chi connectivity index (χ2n) is 5.84. The smallest absolute Gasteiger partial charge is 0.187 e. The van der Waals surface area contributed by atoms with Crippen LogP contribution in [0, 0.1) is 17.8 Å². The number of ketones is 1. The van der Waals surface area contributed by atoms with Gasteiger partial charge < -0.3 is 14.2 Å². The highest BCUT2D eigenvalue weighted by Crippen LogP contribution is 2.59. The molecule has 4 aliphatic rings. The van der Waals surface area contributed by atoms with Crippen molar-refractivity contribution in [3.05, 3.63) is 0 Å². The van der Waals surface area contributed by atoms with Crippen LogP contribution in [0.2, 0.25) is 0 Å². The number of carbonyl (C=O) groups is 1. The molecule has 2 saturated heterocycles. The van der Waals surface area contributed by atoms with Gasteiger partial charge in [-0.25, -0.2) is 0 Å². The SMILES string of the molecule is CC1(C)O[C@H]2O[C@@H]3[C@H]4CCC(=O)[C@H]4[C@@H]3[C@H]2O1. The van der Waals surface area contributed by atoms with Gasteiger partial charge in [0.15, 0.2) is 12.1 Å². The molecule has 16 heavy (non-hydrogen) atoms. The van der Waals surface area contributed by atoms with Gasteiger partial charge >= 0.3 is 0 Å². The third-order valence-electron chi connectivity index (χ3n) is 4.53. The number of hydrogen-bond donors (Lipinski definition) is 0. The molecule has 0 amide bonds. The molecule has 4 rings (SSSR count). The van der Waals surface area contributed by atoms with Crippen LogP contribution in [-0.4, -0.2) is 30.1 Å². The summed E-state index contributed by atoms with van der Waals surface area (Å²) < 4.78 is 17.4. The van der Waals surface area contributed by atoms with Crippen LogP contribution in [0.25, 0.3) is 0 Å². The van der Waals surface area contributed by atoms with E-state index in [2.05, 4.69) is 0 Å². The number of hydrogen-bond acceptors (Lipinski definition) is 4. The number of carbonyl (C=O) groups excluding carboxylic acids is 1. The van der Waals surface area contributed by atoms with E-state index >= 15 is 0 Å². The Kier molecular flexibility index (Phi) is 1.60. The summed E-state index contributed by atoms with van der Waals surface area (Å²) in [5, 5.41) is 0. The minimum atomic E-state index is -0.562. The Bertz CT molecular complexity index is 364. The maximum atomic E-state index is 11.8. The molecule has 0 unspecified atom stereocenters. The van der Waals surface area contributed by atoms with Crippen molar-refractivity contribution < 1.29 is 19.0 Å². The molecule has 0 bridgehead atoms. The van der Waals surface area contributed by atoms with Crippen LogP contribution in [-0.2, 0) is 19.0 Å². The van der Waals surface area contributed by atoms with Gasteiger partial charge in [-0.05, 0) is 26.2 Å². The molecule has 0 aromatic heterocycles. The van der Waals surface area contributed by atoms with E-state index in [0.29, 0.717) is 11.7 Å². The monoisotopic (exact) mass is 224 g/mol. The maximum absolute atomic E-state index is 11.8. The number of ether oxygens (including phenoxy) is 3. The Morgan fingerprint density at radius 3 is 2.88 bits per heavy atom. The molecule has 4 nitrogen and oxygen atoms in total. The Morgan fingerprint density at radius 1 is 1.25 bits per heavy atom. The summed E-state index contributed by atoms with van der Waals surface area (Å²) in [5.41, 5.74) is 0. The van der Waals surface area contributed by atoms with Gasteiger partial charge in [0, 0.05) is 18.3 Å². The lowest BCUT2D eigenvalue weighted by Crippen LogP contribution is -2.52. The highest BCUT2D eigenvalue weighted by atomic mass is 16.8. The van der Waals surface area contributed by atoms with Crippen molar-refractivity contribution in [2.24, 2.45) is 17.8 Å². The zero-order chi connectivity index (χ0) is 11.1. The van der Waals surface area contributed by atoms with Crippen LogP contribution in [0.15, 0.2) is 0 Å². The Morgan fingerprint density at radius 2 is 2.06 bits per heavy atom. The highest BCUT2D eigenvalue weighted by molar-refractivity contribution is 5.85. The van der Waals surface area contributed by atoms with Gasteiger partial charge in [-0.2, -0.15) is 0 Å². The topological polar surface area (TPSA) is 44.8 Å². The van der Waals surface area contributed by atoms with Gasteiger partial charge in [-0.1, -0.05) is 0 Å². The van der Waals surface area contributed by atoms with E-state index in [9.17, 15) is 4.79 Å². The van der Waals surface area contributed by atoms with E-state index in [1.165, 1.54) is 0 Å². The molecule has 6 atom stereocenters. The number of Topliss-reactive ketones (excluding diaryl/α,β-unsaturated/α-hetero) is 1. The van der Waals surface area contributed by atoms with Crippen LogP contribution < -0.4 is 0 Å². The van der Waals surface area contributed by atoms with Gasteiger partial charge in [-0.3, -0.25) is 4.79 Å². The van der Waals surface area contributed by atoms with Crippen LogP contribution in [0.1, 0.15) is 26.7 Å². The molecule has 0 aromatic carbocycles. The molecule has 4 fully saturated rings. The normalized spacial score (nSPS) is 56.8. The molecule has 2 aliphatic heterocycles. The zero-order valence-electron chi connectivity index (χ0n) is 9.51. The largest absolute Gasteiger partial charge is 0.346 e. The predicted octanol–water partition coefficient (Wildman–Crippen LogP) is 1.09. The molecular formula is C12H16O4. The zero-order valence-corrected chi connectivity index (χ0v) is 9.51. The van der Waals surface area contributed by atoms with E-state index in [0.717, 1.165) is 12.8 Å². The molecule has 2 heterocycles. The summed E-state index contributed by atoms with van der Waals surface area (Å²) in [6.45, 7) is 3.80. The average molecular weight is 224 g/mol. The predicted molar refractivity (Wildman–Crippen MR) is 53.4 cm³/mol. The Hall–Kier alpha value is -0.450. The van der Waals surface area contributed by atoms with Crippen molar-refractivity contribution in [2.75, 3.05) is 0 Å². The lowest BCUT2D eigenvalue weighted by Gasteiger charge is -2.44. The number of rotatable bonds is 0. The first-order valence-electron chi connectivity index (χ1n) is 6.11. The maximum Gasteiger partial charge on any atom is 0.187 e. The van der Waals surface area contributed by atoms with E-state index in [4.69, 9.17) is 14.2 Å². The fourth-order valence-electron chi connectivity index (χ4n) is 3.97. The fraction of sp³-hybridized carbons (Fsp3) is 0.917. The summed E-state index contributed by atoms with van der Waals surface area (Å²) in [5.74, 6) is 0.735. The molecule has 4 heteroatoms. The molecule has 0 spiro atoms. The first kappa shape index (κ1) is 9.57. The molecule has 2 saturated carbocycles. The minimum Gasteiger partial charge on any atom is -0.346 e. The lowest BCUT2D eigenvalue weighted by atomic mass is 9.63. The van der Waals surface area contributed by atoms with Crippen molar-refractivity contribution in [3.63, 3.8) is 0 Å². The van der Waals surface area contributed by atoms with Crippen molar-refractivity contribution in [2.45, 2.75) is 51.0 Å². The van der Waals surface area contributed by atoms with Gasteiger partial charge in [0.2, 0.25) is 0 Å². The molecule has 0 radical (unpaired) electrons. The van der Waals surface area contributed by atoms with Crippen LogP contribution in [0.5, 0.6) is 0 Å². The summed E-state index contributed by atoms with van der Waals surface area (Å²) >= 11 is 0. The van der Waals surface area contributed by atoms with Crippen molar-refractivity contribution in [3.8, 4) is 0 Å². The summed E-state index contributed by atoms with van der Waals surface area (Å²) in [6.07, 6.45) is 1.66. The lowest BCUT2D eigenvalue weighted by molar-refractivity contribution is -0.236. The van der Waals surface area contributed by atoms with Gasteiger partial charge in [-0.15, -0.1) is 0 Å². The van der Waals surface area contributed by atoms with Gasteiger partial charge in [0.25, 0.3) is 0 Å². The van der Waals surface area contributed by atoms with Crippen LogP contribution >= 0.6 is 0 Å². The first-order valence-corrected chi connectivity index (χ1v) is 6.11. The Balaban J connectivity index is 1.62. The fourth-order valence-corrected chi connectivity index (χ4v) is 3.97.